The number of amides is 3. The zero-order chi connectivity index (χ0) is 15.1. The van der Waals surface area contributed by atoms with Gasteiger partial charge < -0.3 is 26.2 Å². The second-order valence-electron chi connectivity index (χ2n) is 4.98. The van der Waals surface area contributed by atoms with Gasteiger partial charge in [-0.25, -0.2) is 9.59 Å². The molecule has 0 aromatic rings. The fourth-order valence-electron chi connectivity index (χ4n) is 2.31. The maximum absolute atomic E-state index is 12.0. The van der Waals surface area contributed by atoms with Crippen molar-refractivity contribution in [1.82, 2.24) is 10.2 Å². The molecule has 0 aromatic heterocycles. The first-order chi connectivity index (χ1) is 9.43. The number of primary amides is 1. The second kappa shape index (κ2) is 7.68. The molecule has 5 N–H and O–H groups in total. The Balaban J connectivity index is 2.55. The van der Waals surface area contributed by atoms with E-state index in [1.165, 1.54) is 4.90 Å². The molecule has 1 heterocycles. The number of piperidine rings is 1. The number of carboxylic acid groups (broad SMARTS) is 1. The molecule has 0 spiro atoms. The Bertz CT molecular complexity index is 372. The molecule has 0 aromatic carbocycles. The molecule has 20 heavy (non-hydrogen) atoms. The molecule has 1 aliphatic heterocycles. The topological polar surface area (TPSA) is 133 Å². The lowest BCUT2D eigenvalue weighted by Gasteiger charge is -2.33. The van der Waals surface area contributed by atoms with Gasteiger partial charge in [0.1, 0.15) is 6.04 Å². The van der Waals surface area contributed by atoms with Crippen molar-refractivity contribution in [3.05, 3.63) is 0 Å². The lowest BCUT2D eigenvalue weighted by Crippen LogP contribution is -2.51. The summed E-state index contributed by atoms with van der Waals surface area (Å²) in [5, 5.41) is 20.1. The van der Waals surface area contributed by atoms with Gasteiger partial charge in [-0.2, -0.15) is 0 Å². The van der Waals surface area contributed by atoms with E-state index in [9.17, 15) is 14.4 Å². The number of hydrogen-bond acceptors (Lipinski definition) is 4. The minimum atomic E-state index is -1.31. The number of hydrogen-bond donors (Lipinski definition) is 4. The first kappa shape index (κ1) is 16.2. The lowest BCUT2D eigenvalue weighted by atomic mass is 9.95. The highest BCUT2D eigenvalue weighted by atomic mass is 16.4. The third-order valence-corrected chi connectivity index (χ3v) is 3.34. The van der Waals surface area contributed by atoms with Gasteiger partial charge >= 0.3 is 12.0 Å². The second-order valence-corrected chi connectivity index (χ2v) is 4.98. The number of nitrogens with two attached hydrogens (primary N) is 1. The van der Waals surface area contributed by atoms with Crippen molar-refractivity contribution in [3.63, 3.8) is 0 Å². The van der Waals surface area contributed by atoms with Crippen LogP contribution in [0.3, 0.4) is 0 Å². The number of aliphatic hydroxyl groups excluding tert-OH is 1. The predicted octanol–water partition coefficient (Wildman–Crippen LogP) is -0.881. The summed E-state index contributed by atoms with van der Waals surface area (Å²) < 4.78 is 0. The maximum Gasteiger partial charge on any atom is 0.326 e. The van der Waals surface area contributed by atoms with Gasteiger partial charge in [-0.1, -0.05) is 0 Å². The van der Waals surface area contributed by atoms with Gasteiger partial charge in [-0.3, -0.25) is 4.79 Å². The highest BCUT2D eigenvalue weighted by Gasteiger charge is 2.27. The van der Waals surface area contributed by atoms with Crippen molar-refractivity contribution in [3.8, 4) is 0 Å². The fraction of sp³-hybridized carbons (Fsp3) is 0.750. The van der Waals surface area contributed by atoms with Crippen LogP contribution in [0.5, 0.6) is 0 Å². The van der Waals surface area contributed by atoms with Crippen molar-refractivity contribution in [2.75, 3.05) is 19.7 Å². The molecule has 0 bridgehead atoms. The van der Waals surface area contributed by atoms with E-state index in [-0.39, 0.29) is 12.5 Å². The Morgan fingerprint density at radius 1 is 1.40 bits per heavy atom. The van der Waals surface area contributed by atoms with E-state index in [0.717, 1.165) is 12.8 Å². The van der Waals surface area contributed by atoms with Crippen LogP contribution in [0, 0.1) is 5.92 Å². The Kier molecular flexibility index (Phi) is 6.23. The van der Waals surface area contributed by atoms with Crippen LogP contribution in [-0.2, 0) is 9.59 Å². The zero-order valence-corrected chi connectivity index (χ0v) is 11.2. The van der Waals surface area contributed by atoms with Crippen LogP contribution >= 0.6 is 0 Å². The van der Waals surface area contributed by atoms with Crippen LogP contribution in [0.15, 0.2) is 0 Å². The first-order valence-electron chi connectivity index (χ1n) is 6.61. The van der Waals surface area contributed by atoms with Gasteiger partial charge in [0.05, 0.1) is 6.42 Å². The predicted molar refractivity (Wildman–Crippen MR) is 69.8 cm³/mol. The normalized spacial score (nSPS) is 20.2. The van der Waals surface area contributed by atoms with Gasteiger partial charge in [-0.05, 0) is 25.2 Å². The summed E-state index contributed by atoms with van der Waals surface area (Å²) in [4.78, 5) is 35.2. The number of rotatable bonds is 6. The van der Waals surface area contributed by atoms with Crippen LogP contribution < -0.4 is 11.1 Å². The maximum atomic E-state index is 12.0. The molecule has 3 amide bonds. The largest absolute Gasteiger partial charge is 0.480 e. The zero-order valence-electron chi connectivity index (χ0n) is 11.2. The minimum absolute atomic E-state index is 0.0690. The quantitative estimate of drug-likeness (QED) is 0.503. The van der Waals surface area contributed by atoms with Crippen molar-refractivity contribution >= 4 is 17.9 Å². The number of carbonyl (C=O) groups is 3. The van der Waals surface area contributed by atoms with Crippen molar-refractivity contribution in [2.45, 2.75) is 31.7 Å². The van der Waals surface area contributed by atoms with Crippen LogP contribution in [0.25, 0.3) is 0 Å². The molecule has 1 aliphatic rings. The fourth-order valence-corrected chi connectivity index (χ4v) is 2.31. The summed E-state index contributed by atoms with van der Waals surface area (Å²) in [5.74, 6) is -1.85. The summed E-state index contributed by atoms with van der Waals surface area (Å²) in [6, 6.07) is -1.82. The van der Waals surface area contributed by atoms with E-state index in [1.54, 1.807) is 0 Å². The SMILES string of the molecule is NC(=O)C[C@@H](NC(=O)N1CCCC(CCO)C1)C(=O)O. The van der Waals surface area contributed by atoms with Gasteiger partial charge in [0.2, 0.25) is 5.91 Å². The highest BCUT2D eigenvalue weighted by molar-refractivity contribution is 5.87. The van der Waals surface area contributed by atoms with Crippen LogP contribution in [-0.4, -0.2) is 58.8 Å². The van der Waals surface area contributed by atoms with Crippen molar-refractivity contribution in [2.24, 2.45) is 11.7 Å². The van der Waals surface area contributed by atoms with E-state index in [2.05, 4.69) is 5.32 Å². The van der Waals surface area contributed by atoms with Crippen molar-refractivity contribution < 1.29 is 24.6 Å². The van der Waals surface area contributed by atoms with E-state index in [4.69, 9.17) is 15.9 Å². The van der Waals surface area contributed by atoms with Crippen LogP contribution in [0.1, 0.15) is 25.7 Å². The molecule has 2 atom stereocenters. The summed E-state index contributed by atoms with van der Waals surface area (Å²) in [5.41, 5.74) is 4.95. The Morgan fingerprint density at radius 2 is 2.10 bits per heavy atom. The molecule has 0 aliphatic carbocycles. The number of nitrogens with one attached hydrogen (secondary N) is 1. The van der Waals surface area contributed by atoms with Gasteiger partial charge in [-0.15, -0.1) is 0 Å². The molecule has 8 heteroatoms. The average molecular weight is 287 g/mol. The summed E-state index contributed by atoms with van der Waals surface area (Å²) in [7, 11) is 0. The summed E-state index contributed by atoms with van der Waals surface area (Å²) >= 11 is 0. The molecule has 0 radical (unpaired) electrons. The molecule has 114 valence electrons. The van der Waals surface area contributed by atoms with Gasteiger partial charge in [0.15, 0.2) is 0 Å². The average Bonchev–Trinajstić information content (AvgIpc) is 2.38. The number of carbonyl (C=O) groups excluding carboxylic acids is 2. The number of aliphatic carboxylic acids is 1. The van der Waals surface area contributed by atoms with E-state index >= 15 is 0 Å². The lowest BCUT2D eigenvalue weighted by molar-refractivity contribution is -0.141. The number of urea groups is 1. The smallest absolute Gasteiger partial charge is 0.326 e. The number of aliphatic hydroxyl groups is 1. The monoisotopic (exact) mass is 287 g/mol. The standard InChI is InChI=1S/C12H21N3O5/c13-10(17)6-9(11(18)19)14-12(20)15-4-1-2-8(7-15)3-5-16/h8-9,16H,1-7H2,(H2,13,17)(H,14,20)(H,18,19)/t8?,9-/m1/s1. The Hall–Kier alpha value is -1.83. The first-order valence-corrected chi connectivity index (χ1v) is 6.61. The molecular formula is C12H21N3O5. The van der Waals surface area contributed by atoms with Crippen LogP contribution in [0.2, 0.25) is 0 Å². The highest BCUT2D eigenvalue weighted by Crippen LogP contribution is 2.19. The molecule has 0 saturated carbocycles. The molecule has 1 rings (SSSR count). The number of likely N-dealkylation sites (tertiary alicyclic amines) is 1. The Morgan fingerprint density at radius 3 is 2.65 bits per heavy atom. The van der Waals surface area contributed by atoms with E-state index in [0.29, 0.717) is 19.5 Å². The minimum Gasteiger partial charge on any atom is -0.480 e. The molecule has 8 nitrogen and oxygen atoms in total. The van der Waals surface area contributed by atoms with Gasteiger partial charge in [0, 0.05) is 19.7 Å². The number of carboxylic acids is 1. The van der Waals surface area contributed by atoms with Gasteiger partial charge in [0.25, 0.3) is 0 Å². The molecule has 1 saturated heterocycles. The third kappa shape index (κ3) is 5.04. The molecular weight excluding hydrogens is 266 g/mol. The molecule has 1 fully saturated rings. The number of nitrogens with zero attached hydrogens (tertiary/aromatic N) is 1. The third-order valence-electron chi connectivity index (χ3n) is 3.34. The molecule has 1 unspecified atom stereocenters. The summed E-state index contributed by atoms with van der Waals surface area (Å²) in [6.07, 6.45) is 1.93. The van der Waals surface area contributed by atoms with E-state index in [1.807, 2.05) is 0 Å². The Labute approximate surface area is 116 Å². The van der Waals surface area contributed by atoms with Crippen molar-refractivity contribution in [1.29, 1.82) is 0 Å². The summed E-state index contributed by atoms with van der Waals surface area (Å²) in [6.45, 7) is 1.09. The van der Waals surface area contributed by atoms with Crippen LogP contribution in [0.4, 0.5) is 4.79 Å². The van der Waals surface area contributed by atoms with E-state index < -0.39 is 30.4 Å².